The third-order valence-electron chi connectivity index (χ3n) is 4.60. The molecule has 0 aliphatic rings. The number of para-hydroxylation sites is 2. The number of rotatable bonds is 7. The predicted octanol–water partition coefficient (Wildman–Crippen LogP) is 5.64. The lowest BCUT2D eigenvalue weighted by molar-refractivity contribution is 0.102. The lowest BCUT2D eigenvalue weighted by atomic mass is 10.0. The van der Waals surface area contributed by atoms with E-state index in [1.807, 2.05) is 54.6 Å². The molecule has 138 valence electrons. The summed E-state index contributed by atoms with van der Waals surface area (Å²) in [5.41, 5.74) is 4.94. The number of hydrogen-bond donors (Lipinski definition) is 1. The van der Waals surface area contributed by atoms with Crippen molar-refractivity contribution >= 4 is 11.6 Å². The van der Waals surface area contributed by atoms with Gasteiger partial charge in [-0.2, -0.15) is 0 Å². The van der Waals surface area contributed by atoms with Gasteiger partial charge in [-0.3, -0.25) is 4.79 Å². The fraction of sp³-hybridized carbons (Fsp3) is 0.208. The molecule has 3 rings (SSSR count). The number of ether oxygens (including phenoxy) is 1. The van der Waals surface area contributed by atoms with Crippen LogP contribution in [-0.2, 0) is 19.4 Å². The Bertz CT molecular complexity index is 864. The highest BCUT2D eigenvalue weighted by Crippen LogP contribution is 2.23. The van der Waals surface area contributed by atoms with Gasteiger partial charge >= 0.3 is 0 Å². The van der Waals surface area contributed by atoms with Crippen molar-refractivity contribution < 1.29 is 9.53 Å². The Morgan fingerprint density at radius 2 is 1.44 bits per heavy atom. The Morgan fingerprint density at radius 3 is 2.04 bits per heavy atom. The Labute approximate surface area is 161 Å². The molecule has 0 unspecified atom stereocenters. The van der Waals surface area contributed by atoms with Crippen LogP contribution in [0.2, 0.25) is 0 Å². The van der Waals surface area contributed by atoms with E-state index in [-0.39, 0.29) is 5.91 Å². The zero-order valence-corrected chi connectivity index (χ0v) is 15.9. The average molecular weight is 359 g/mol. The average Bonchev–Trinajstić information content (AvgIpc) is 2.73. The maximum Gasteiger partial charge on any atom is 0.255 e. The third-order valence-corrected chi connectivity index (χ3v) is 4.60. The van der Waals surface area contributed by atoms with Crippen LogP contribution >= 0.6 is 0 Å². The van der Waals surface area contributed by atoms with Gasteiger partial charge in [0.1, 0.15) is 12.4 Å². The molecule has 3 aromatic carbocycles. The highest BCUT2D eigenvalue weighted by atomic mass is 16.5. The van der Waals surface area contributed by atoms with Crippen LogP contribution in [0.25, 0.3) is 0 Å². The maximum absolute atomic E-state index is 12.7. The molecule has 0 bridgehead atoms. The zero-order chi connectivity index (χ0) is 19.1. The number of carbonyl (C=O) groups is 1. The predicted molar refractivity (Wildman–Crippen MR) is 110 cm³/mol. The third kappa shape index (κ3) is 4.76. The summed E-state index contributed by atoms with van der Waals surface area (Å²) in [6, 6.07) is 23.5. The first kappa shape index (κ1) is 18.7. The SMILES string of the molecule is CCc1cccc(CC)c1NC(=O)c1ccc(COc2ccccc2)cc1. The molecule has 0 aliphatic carbocycles. The van der Waals surface area contributed by atoms with Crippen molar-refractivity contribution in [2.75, 3.05) is 5.32 Å². The maximum atomic E-state index is 12.7. The molecule has 0 atom stereocenters. The standard InChI is InChI=1S/C24H25NO2/c1-3-19-9-8-10-20(4-2)23(19)25-24(26)21-15-13-18(14-16-21)17-27-22-11-6-5-7-12-22/h5-16H,3-4,17H2,1-2H3,(H,25,26). The van der Waals surface area contributed by atoms with Crippen LogP contribution < -0.4 is 10.1 Å². The highest BCUT2D eigenvalue weighted by molar-refractivity contribution is 6.05. The fourth-order valence-electron chi connectivity index (χ4n) is 3.02. The van der Waals surface area contributed by atoms with Crippen molar-refractivity contribution in [1.82, 2.24) is 0 Å². The Kier molecular flexibility index (Phi) is 6.26. The van der Waals surface area contributed by atoms with Gasteiger partial charge < -0.3 is 10.1 Å². The fourth-order valence-corrected chi connectivity index (χ4v) is 3.02. The van der Waals surface area contributed by atoms with Crippen molar-refractivity contribution in [3.05, 3.63) is 95.1 Å². The second-order valence-electron chi connectivity index (χ2n) is 6.41. The molecule has 1 N–H and O–H groups in total. The number of hydrogen-bond acceptors (Lipinski definition) is 2. The first-order chi connectivity index (χ1) is 13.2. The quantitative estimate of drug-likeness (QED) is 0.592. The summed E-state index contributed by atoms with van der Waals surface area (Å²) in [4.78, 5) is 12.7. The topological polar surface area (TPSA) is 38.3 Å². The van der Waals surface area contributed by atoms with Crippen LogP contribution in [0.3, 0.4) is 0 Å². The molecule has 0 saturated carbocycles. The van der Waals surface area contributed by atoms with E-state index in [0.29, 0.717) is 12.2 Å². The van der Waals surface area contributed by atoms with Gasteiger partial charge in [0.2, 0.25) is 0 Å². The van der Waals surface area contributed by atoms with Gasteiger partial charge in [-0.15, -0.1) is 0 Å². The van der Waals surface area contributed by atoms with E-state index in [1.54, 1.807) is 0 Å². The van der Waals surface area contributed by atoms with Gasteiger partial charge in [0.15, 0.2) is 0 Å². The molecule has 3 nitrogen and oxygen atoms in total. The number of amides is 1. The molecule has 27 heavy (non-hydrogen) atoms. The first-order valence-corrected chi connectivity index (χ1v) is 9.40. The zero-order valence-electron chi connectivity index (χ0n) is 15.9. The van der Waals surface area contributed by atoms with E-state index in [0.717, 1.165) is 41.0 Å². The summed E-state index contributed by atoms with van der Waals surface area (Å²) in [6.07, 6.45) is 1.78. The molecule has 0 saturated heterocycles. The number of carbonyl (C=O) groups excluding carboxylic acids is 1. The molecule has 0 aromatic heterocycles. The van der Waals surface area contributed by atoms with Crippen molar-refractivity contribution in [3.63, 3.8) is 0 Å². The number of aryl methyl sites for hydroxylation is 2. The van der Waals surface area contributed by atoms with Gasteiger partial charge in [0.05, 0.1) is 0 Å². The second kappa shape index (κ2) is 9.04. The molecule has 1 amide bonds. The molecule has 3 heteroatoms. The van der Waals surface area contributed by atoms with Crippen LogP contribution in [0.1, 0.15) is 40.9 Å². The van der Waals surface area contributed by atoms with Crippen molar-refractivity contribution in [1.29, 1.82) is 0 Å². The van der Waals surface area contributed by atoms with Crippen LogP contribution in [0.4, 0.5) is 5.69 Å². The van der Waals surface area contributed by atoms with Gasteiger partial charge in [0, 0.05) is 11.3 Å². The summed E-state index contributed by atoms with van der Waals surface area (Å²) in [7, 11) is 0. The smallest absolute Gasteiger partial charge is 0.255 e. The van der Waals surface area contributed by atoms with Crippen molar-refractivity contribution in [3.8, 4) is 5.75 Å². The minimum Gasteiger partial charge on any atom is -0.489 e. The van der Waals surface area contributed by atoms with Gasteiger partial charge in [-0.25, -0.2) is 0 Å². The summed E-state index contributed by atoms with van der Waals surface area (Å²) in [5, 5.41) is 3.10. The molecular formula is C24H25NO2. The minimum atomic E-state index is -0.0823. The Balaban J connectivity index is 1.68. The first-order valence-electron chi connectivity index (χ1n) is 9.40. The summed E-state index contributed by atoms with van der Waals surface area (Å²) < 4.78 is 5.75. The van der Waals surface area contributed by atoms with E-state index >= 15 is 0 Å². The molecule has 0 radical (unpaired) electrons. The van der Waals surface area contributed by atoms with Crippen LogP contribution in [0, 0.1) is 0 Å². The number of anilines is 1. The van der Waals surface area contributed by atoms with Crippen molar-refractivity contribution in [2.45, 2.75) is 33.3 Å². The van der Waals surface area contributed by atoms with Crippen LogP contribution in [-0.4, -0.2) is 5.91 Å². The summed E-state index contributed by atoms with van der Waals surface area (Å²) >= 11 is 0. The van der Waals surface area contributed by atoms with Crippen LogP contribution in [0.15, 0.2) is 72.8 Å². The lowest BCUT2D eigenvalue weighted by Gasteiger charge is -2.14. The molecule has 0 spiro atoms. The normalized spacial score (nSPS) is 10.4. The van der Waals surface area contributed by atoms with E-state index in [9.17, 15) is 4.79 Å². The van der Waals surface area contributed by atoms with E-state index < -0.39 is 0 Å². The Morgan fingerprint density at radius 1 is 0.815 bits per heavy atom. The number of nitrogens with one attached hydrogen (secondary N) is 1. The summed E-state index contributed by atoms with van der Waals surface area (Å²) in [6.45, 7) is 4.68. The van der Waals surface area contributed by atoms with E-state index in [1.165, 1.54) is 0 Å². The van der Waals surface area contributed by atoms with E-state index in [2.05, 4.69) is 37.4 Å². The summed E-state index contributed by atoms with van der Waals surface area (Å²) in [5.74, 6) is 0.753. The Hall–Kier alpha value is -3.07. The highest BCUT2D eigenvalue weighted by Gasteiger charge is 2.11. The van der Waals surface area contributed by atoms with Gasteiger partial charge in [-0.05, 0) is 53.8 Å². The van der Waals surface area contributed by atoms with Gasteiger partial charge in [-0.1, -0.05) is 62.4 Å². The molecule has 3 aromatic rings. The van der Waals surface area contributed by atoms with Gasteiger partial charge in [0.25, 0.3) is 5.91 Å². The van der Waals surface area contributed by atoms with Crippen molar-refractivity contribution in [2.24, 2.45) is 0 Å². The molecule has 0 heterocycles. The minimum absolute atomic E-state index is 0.0823. The van der Waals surface area contributed by atoms with Crippen LogP contribution in [0.5, 0.6) is 5.75 Å². The molecule has 0 fully saturated rings. The number of benzene rings is 3. The lowest BCUT2D eigenvalue weighted by Crippen LogP contribution is -2.15. The largest absolute Gasteiger partial charge is 0.489 e. The molecular weight excluding hydrogens is 334 g/mol. The molecule has 0 aliphatic heterocycles. The monoisotopic (exact) mass is 359 g/mol. The second-order valence-corrected chi connectivity index (χ2v) is 6.41. The van der Waals surface area contributed by atoms with E-state index in [4.69, 9.17) is 4.74 Å².